The molecular formula is C23H23N5O4S. The van der Waals surface area contributed by atoms with Crippen LogP contribution in [-0.2, 0) is 10.0 Å². The van der Waals surface area contributed by atoms with Crippen LogP contribution in [0.2, 0.25) is 0 Å². The summed E-state index contributed by atoms with van der Waals surface area (Å²) < 4.78 is 41.2. The van der Waals surface area contributed by atoms with Crippen LogP contribution in [0, 0.1) is 20.8 Å². The Morgan fingerprint density at radius 2 is 1.73 bits per heavy atom. The third-order valence-electron chi connectivity index (χ3n) is 5.07. The summed E-state index contributed by atoms with van der Waals surface area (Å²) in [6.07, 6.45) is 3.44. The summed E-state index contributed by atoms with van der Waals surface area (Å²) >= 11 is 0. The number of hydrogen-bond acceptors (Lipinski definition) is 7. The van der Waals surface area contributed by atoms with Crippen molar-refractivity contribution in [2.75, 3.05) is 11.8 Å². The zero-order chi connectivity index (χ0) is 23.6. The van der Waals surface area contributed by atoms with Gasteiger partial charge >= 0.3 is 0 Å². The largest absolute Gasteiger partial charge is 0.496 e. The Hall–Kier alpha value is -3.92. The molecule has 0 bridgehead atoms. The molecule has 0 saturated heterocycles. The second-order valence-corrected chi connectivity index (χ2v) is 8.96. The van der Waals surface area contributed by atoms with Crippen molar-refractivity contribution in [3.63, 3.8) is 0 Å². The number of aryl methyl sites for hydroxylation is 1. The minimum atomic E-state index is -3.78. The van der Waals surface area contributed by atoms with E-state index in [0.29, 0.717) is 40.3 Å². The maximum absolute atomic E-state index is 12.9. The van der Waals surface area contributed by atoms with E-state index in [9.17, 15) is 8.42 Å². The topological polar surface area (TPSA) is 108 Å². The summed E-state index contributed by atoms with van der Waals surface area (Å²) in [6, 6.07) is 13.2. The van der Waals surface area contributed by atoms with E-state index in [1.165, 1.54) is 6.07 Å². The van der Waals surface area contributed by atoms with Gasteiger partial charge in [-0.1, -0.05) is 0 Å². The summed E-state index contributed by atoms with van der Waals surface area (Å²) in [5.74, 6) is 2.61. The van der Waals surface area contributed by atoms with Crippen LogP contribution >= 0.6 is 0 Å². The first-order valence-corrected chi connectivity index (χ1v) is 11.6. The molecule has 0 atom stereocenters. The predicted octanol–water partition coefficient (Wildman–Crippen LogP) is 4.19. The molecule has 2 aromatic carbocycles. The third kappa shape index (κ3) is 4.80. The second kappa shape index (κ2) is 8.91. The van der Waals surface area contributed by atoms with Crippen molar-refractivity contribution in [1.82, 2.24) is 19.7 Å². The minimum absolute atomic E-state index is 0.198. The van der Waals surface area contributed by atoms with Crippen LogP contribution in [-0.4, -0.2) is 35.3 Å². The lowest BCUT2D eigenvalue weighted by Crippen LogP contribution is -2.15. The normalized spacial score (nSPS) is 11.3. The van der Waals surface area contributed by atoms with Crippen molar-refractivity contribution in [2.24, 2.45) is 0 Å². The van der Waals surface area contributed by atoms with Gasteiger partial charge in [-0.2, -0.15) is 10.1 Å². The molecule has 0 fully saturated rings. The first-order valence-electron chi connectivity index (χ1n) is 10.1. The molecule has 2 aromatic heterocycles. The summed E-state index contributed by atoms with van der Waals surface area (Å²) in [5.41, 5.74) is 1.82. The molecule has 0 aliphatic rings. The molecule has 0 saturated carbocycles. The van der Waals surface area contributed by atoms with Crippen LogP contribution in [0.25, 0.3) is 5.82 Å². The van der Waals surface area contributed by atoms with Gasteiger partial charge in [0.05, 0.1) is 12.0 Å². The fourth-order valence-electron chi connectivity index (χ4n) is 3.30. The quantitative estimate of drug-likeness (QED) is 0.436. The fourth-order valence-corrected chi connectivity index (χ4v) is 4.66. The molecule has 1 N–H and O–H groups in total. The van der Waals surface area contributed by atoms with E-state index >= 15 is 0 Å². The Morgan fingerprint density at radius 3 is 2.39 bits per heavy atom. The molecule has 0 unspecified atom stereocenters. The minimum Gasteiger partial charge on any atom is -0.496 e. The van der Waals surface area contributed by atoms with E-state index in [2.05, 4.69) is 19.8 Å². The van der Waals surface area contributed by atoms with Crippen LogP contribution in [0.1, 0.15) is 17.0 Å². The van der Waals surface area contributed by atoms with Crippen molar-refractivity contribution in [1.29, 1.82) is 0 Å². The number of ether oxygens (including phenoxy) is 2. The number of benzene rings is 2. The van der Waals surface area contributed by atoms with Crippen molar-refractivity contribution in [3.8, 4) is 23.2 Å². The monoisotopic (exact) mass is 465 g/mol. The Kier molecular flexibility index (Phi) is 6.01. The molecule has 0 amide bonds. The number of nitrogens with zero attached hydrogens (tertiary/aromatic N) is 4. The van der Waals surface area contributed by atoms with Gasteiger partial charge in [0.15, 0.2) is 5.82 Å². The molecule has 0 spiro atoms. The highest BCUT2D eigenvalue weighted by atomic mass is 32.2. The summed E-state index contributed by atoms with van der Waals surface area (Å²) in [7, 11) is -2.22. The van der Waals surface area contributed by atoms with Gasteiger partial charge in [-0.25, -0.2) is 18.1 Å². The van der Waals surface area contributed by atoms with Gasteiger partial charge in [-0.3, -0.25) is 4.72 Å². The van der Waals surface area contributed by atoms with Crippen LogP contribution in [0.4, 0.5) is 5.69 Å². The van der Waals surface area contributed by atoms with Gasteiger partial charge in [-0.15, -0.1) is 0 Å². The second-order valence-electron chi connectivity index (χ2n) is 7.31. The van der Waals surface area contributed by atoms with Gasteiger partial charge in [0, 0.05) is 24.1 Å². The zero-order valence-electron chi connectivity index (χ0n) is 18.6. The average Bonchev–Trinajstić information content (AvgIpc) is 3.31. The van der Waals surface area contributed by atoms with Gasteiger partial charge in [0.2, 0.25) is 5.88 Å². The molecule has 0 aliphatic heterocycles. The van der Waals surface area contributed by atoms with Gasteiger partial charge in [-0.05, 0) is 74.4 Å². The number of methoxy groups -OCH3 is 1. The van der Waals surface area contributed by atoms with Crippen molar-refractivity contribution >= 4 is 15.7 Å². The van der Waals surface area contributed by atoms with Crippen molar-refractivity contribution in [2.45, 2.75) is 25.7 Å². The first kappa shape index (κ1) is 22.3. The molecular weight excluding hydrogens is 442 g/mol. The lowest BCUT2D eigenvalue weighted by atomic mass is 10.1. The maximum Gasteiger partial charge on any atom is 0.262 e. The molecule has 9 nitrogen and oxygen atoms in total. The van der Waals surface area contributed by atoms with E-state index in [0.717, 1.165) is 5.56 Å². The summed E-state index contributed by atoms with van der Waals surface area (Å²) in [4.78, 5) is 8.84. The van der Waals surface area contributed by atoms with Gasteiger partial charge in [0.1, 0.15) is 17.3 Å². The predicted molar refractivity (Wildman–Crippen MR) is 124 cm³/mol. The van der Waals surface area contributed by atoms with Crippen LogP contribution in [0.5, 0.6) is 17.4 Å². The smallest absolute Gasteiger partial charge is 0.262 e. The number of anilines is 1. The van der Waals surface area contributed by atoms with Crippen molar-refractivity contribution in [3.05, 3.63) is 77.9 Å². The number of sulfonamides is 1. The Bertz CT molecular complexity index is 1390. The molecule has 4 rings (SSSR count). The average molecular weight is 466 g/mol. The third-order valence-corrected chi connectivity index (χ3v) is 6.59. The Balaban J connectivity index is 1.52. The lowest BCUT2D eigenvalue weighted by Gasteiger charge is -2.14. The van der Waals surface area contributed by atoms with Crippen LogP contribution in [0.15, 0.2) is 65.8 Å². The number of hydrogen-bond donors (Lipinski definition) is 1. The van der Waals surface area contributed by atoms with E-state index < -0.39 is 10.0 Å². The van der Waals surface area contributed by atoms with Gasteiger partial charge < -0.3 is 9.47 Å². The standard InChI is InChI=1S/C23H23N5O4S/c1-15-16(2)21(11-10-20(15)31-4)33(29,30)27-18-6-8-19(9-7-18)32-23-14-22(25-17(3)26-23)28-13-5-12-24-28/h5-14,27H,1-4H3. The van der Waals surface area contributed by atoms with Gasteiger partial charge in [0.25, 0.3) is 10.0 Å². The Labute approximate surface area is 192 Å². The highest BCUT2D eigenvalue weighted by Crippen LogP contribution is 2.29. The molecule has 0 radical (unpaired) electrons. The zero-order valence-corrected chi connectivity index (χ0v) is 19.4. The van der Waals surface area contributed by atoms with E-state index in [1.54, 1.807) is 80.5 Å². The lowest BCUT2D eigenvalue weighted by molar-refractivity contribution is 0.410. The highest BCUT2D eigenvalue weighted by Gasteiger charge is 2.20. The van der Waals surface area contributed by atoms with Crippen LogP contribution < -0.4 is 14.2 Å². The SMILES string of the molecule is COc1ccc(S(=O)(=O)Nc2ccc(Oc3cc(-n4cccn4)nc(C)n3)cc2)c(C)c1C. The molecule has 10 heteroatoms. The van der Waals surface area contributed by atoms with E-state index in [1.807, 2.05) is 6.92 Å². The number of nitrogens with one attached hydrogen (secondary N) is 1. The molecule has 33 heavy (non-hydrogen) atoms. The Morgan fingerprint density at radius 1 is 0.970 bits per heavy atom. The van der Waals surface area contributed by atoms with E-state index in [-0.39, 0.29) is 4.90 Å². The molecule has 0 aliphatic carbocycles. The molecule has 170 valence electrons. The fraction of sp³-hybridized carbons (Fsp3) is 0.174. The molecule has 2 heterocycles. The maximum atomic E-state index is 12.9. The molecule has 4 aromatic rings. The highest BCUT2D eigenvalue weighted by molar-refractivity contribution is 7.92. The van der Waals surface area contributed by atoms with Crippen molar-refractivity contribution < 1.29 is 17.9 Å². The number of aromatic nitrogens is 4. The number of rotatable bonds is 7. The van der Waals surface area contributed by atoms with E-state index in [4.69, 9.17) is 9.47 Å². The summed E-state index contributed by atoms with van der Waals surface area (Å²) in [6.45, 7) is 5.34. The first-order chi connectivity index (χ1) is 15.8. The van der Waals surface area contributed by atoms with Crippen LogP contribution in [0.3, 0.4) is 0 Å². The summed E-state index contributed by atoms with van der Waals surface area (Å²) in [5, 5.41) is 4.17.